The first kappa shape index (κ1) is 19.1. The van der Waals surface area contributed by atoms with Crippen LogP contribution in [0.2, 0.25) is 0 Å². The fraction of sp³-hybridized carbons (Fsp3) is 0.474. The van der Waals surface area contributed by atoms with Crippen LogP contribution in [-0.4, -0.2) is 29.8 Å². The van der Waals surface area contributed by atoms with E-state index in [-0.39, 0.29) is 17.1 Å². The molecule has 1 amide bonds. The van der Waals surface area contributed by atoms with E-state index in [1.54, 1.807) is 0 Å². The molecule has 1 saturated carbocycles. The van der Waals surface area contributed by atoms with Gasteiger partial charge in [-0.2, -0.15) is 13.9 Å². The average molecular weight is 379 g/mol. The van der Waals surface area contributed by atoms with E-state index in [0.29, 0.717) is 11.7 Å². The Morgan fingerprint density at radius 1 is 1.26 bits per heavy atom. The number of aromatic amines is 1. The molecule has 146 valence electrons. The number of methoxy groups -OCH3 is 1. The van der Waals surface area contributed by atoms with Crippen molar-refractivity contribution < 1.29 is 23.0 Å². The zero-order valence-corrected chi connectivity index (χ0v) is 15.1. The number of amides is 1. The summed E-state index contributed by atoms with van der Waals surface area (Å²) >= 11 is 0. The smallest absolute Gasteiger partial charge is 0.387 e. The van der Waals surface area contributed by atoms with Crippen LogP contribution in [0.3, 0.4) is 0 Å². The summed E-state index contributed by atoms with van der Waals surface area (Å²) in [5, 5.41) is 9.74. The summed E-state index contributed by atoms with van der Waals surface area (Å²) < 4.78 is 34.4. The molecule has 0 aliphatic heterocycles. The van der Waals surface area contributed by atoms with Crippen molar-refractivity contribution in [3.63, 3.8) is 0 Å². The van der Waals surface area contributed by atoms with Gasteiger partial charge in [0.1, 0.15) is 0 Å². The first-order valence-electron chi connectivity index (χ1n) is 9.03. The second-order valence-electron chi connectivity index (χ2n) is 6.68. The molecule has 1 aromatic carbocycles. The van der Waals surface area contributed by atoms with E-state index in [1.165, 1.54) is 57.4 Å². The second kappa shape index (κ2) is 8.83. The van der Waals surface area contributed by atoms with Gasteiger partial charge in [0.05, 0.1) is 7.11 Å². The second-order valence-corrected chi connectivity index (χ2v) is 6.68. The molecule has 1 aliphatic carbocycles. The lowest BCUT2D eigenvalue weighted by atomic mass is 9.86. The molecule has 0 saturated heterocycles. The zero-order chi connectivity index (χ0) is 19.2. The van der Waals surface area contributed by atoms with Crippen LogP contribution in [0.25, 0.3) is 0 Å². The lowest BCUT2D eigenvalue weighted by Crippen LogP contribution is -2.13. The molecule has 0 unspecified atom stereocenters. The highest BCUT2D eigenvalue weighted by Gasteiger charge is 2.17. The van der Waals surface area contributed by atoms with E-state index >= 15 is 0 Å². The molecule has 1 aromatic heterocycles. The van der Waals surface area contributed by atoms with Gasteiger partial charge in [-0.3, -0.25) is 9.89 Å². The Kier molecular flexibility index (Phi) is 6.26. The molecule has 1 heterocycles. The van der Waals surface area contributed by atoms with Crippen molar-refractivity contribution in [2.75, 3.05) is 12.4 Å². The quantitative estimate of drug-likeness (QED) is 0.748. The largest absolute Gasteiger partial charge is 0.493 e. The number of carbonyl (C=O) groups is 1. The van der Waals surface area contributed by atoms with Crippen molar-refractivity contribution in [2.45, 2.75) is 45.1 Å². The average Bonchev–Trinajstić information content (AvgIpc) is 3.08. The molecule has 3 rings (SSSR count). The summed E-state index contributed by atoms with van der Waals surface area (Å²) in [7, 11) is 1.34. The Bertz CT molecular complexity index is 773. The summed E-state index contributed by atoms with van der Waals surface area (Å²) in [5.74, 6) is 0.519. The molecule has 0 atom stereocenters. The van der Waals surface area contributed by atoms with Gasteiger partial charge in [0, 0.05) is 17.3 Å². The van der Waals surface area contributed by atoms with Crippen molar-refractivity contribution in [3.05, 3.63) is 35.5 Å². The number of nitrogens with one attached hydrogen (secondary N) is 2. The highest BCUT2D eigenvalue weighted by atomic mass is 19.3. The number of hydrogen-bond acceptors (Lipinski definition) is 4. The van der Waals surface area contributed by atoms with E-state index < -0.39 is 12.5 Å². The molecule has 1 fully saturated rings. The van der Waals surface area contributed by atoms with Crippen LogP contribution in [-0.2, 0) is 6.42 Å². The molecule has 0 bridgehead atoms. The van der Waals surface area contributed by atoms with Crippen LogP contribution in [0.1, 0.15) is 48.2 Å². The van der Waals surface area contributed by atoms with Crippen molar-refractivity contribution >= 4 is 11.7 Å². The van der Waals surface area contributed by atoms with E-state index in [0.717, 1.165) is 12.1 Å². The van der Waals surface area contributed by atoms with Crippen LogP contribution < -0.4 is 14.8 Å². The molecule has 0 radical (unpaired) electrons. The van der Waals surface area contributed by atoms with E-state index in [4.69, 9.17) is 4.74 Å². The predicted molar refractivity (Wildman–Crippen MR) is 96.4 cm³/mol. The summed E-state index contributed by atoms with van der Waals surface area (Å²) in [6, 6.07) is 5.91. The number of carbonyl (C=O) groups excluding carboxylic acids is 1. The molecule has 27 heavy (non-hydrogen) atoms. The number of halogens is 2. The van der Waals surface area contributed by atoms with E-state index in [1.807, 2.05) is 6.07 Å². The van der Waals surface area contributed by atoms with E-state index in [9.17, 15) is 13.6 Å². The lowest BCUT2D eigenvalue weighted by molar-refractivity contribution is -0.0512. The van der Waals surface area contributed by atoms with Gasteiger partial charge in [0.25, 0.3) is 5.91 Å². The summed E-state index contributed by atoms with van der Waals surface area (Å²) in [6.07, 6.45) is 7.20. The molecule has 2 N–H and O–H groups in total. The fourth-order valence-corrected chi connectivity index (χ4v) is 3.43. The van der Waals surface area contributed by atoms with Crippen LogP contribution >= 0.6 is 0 Å². The summed E-state index contributed by atoms with van der Waals surface area (Å²) in [4.78, 5) is 12.4. The zero-order valence-electron chi connectivity index (χ0n) is 15.1. The molecule has 8 heteroatoms. The van der Waals surface area contributed by atoms with Crippen molar-refractivity contribution in [1.82, 2.24) is 10.2 Å². The Morgan fingerprint density at radius 3 is 2.74 bits per heavy atom. The highest BCUT2D eigenvalue weighted by molar-refractivity contribution is 6.04. The van der Waals surface area contributed by atoms with Crippen molar-refractivity contribution in [2.24, 2.45) is 5.92 Å². The van der Waals surface area contributed by atoms with Gasteiger partial charge in [-0.15, -0.1) is 0 Å². The van der Waals surface area contributed by atoms with Gasteiger partial charge in [-0.1, -0.05) is 32.1 Å². The fourth-order valence-electron chi connectivity index (χ4n) is 3.43. The minimum atomic E-state index is -3.01. The number of alkyl halides is 2. The highest BCUT2D eigenvalue weighted by Crippen LogP contribution is 2.30. The number of anilines is 1. The number of aromatic nitrogens is 2. The standard InChI is InChI=1S/C19H23F2N3O3/c1-26-15-8-7-13(10-16(15)27-19(20)21)18(25)22-17-11-14(23-24-17)9-12-5-3-2-4-6-12/h7-8,10-12,19H,2-6,9H2,1H3,(H2,22,23,24,25). The number of H-pyrrole nitrogens is 1. The minimum absolute atomic E-state index is 0.126. The first-order valence-corrected chi connectivity index (χ1v) is 9.03. The molecule has 0 spiro atoms. The third kappa shape index (κ3) is 5.18. The summed E-state index contributed by atoms with van der Waals surface area (Å²) in [5.41, 5.74) is 1.15. The van der Waals surface area contributed by atoms with Gasteiger partial charge in [0.15, 0.2) is 17.3 Å². The normalized spacial score (nSPS) is 15.0. The number of ether oxygens (including phenoxy) is 2. The van der Waals surface area contributed by atoms with Crippen molar-refractivity contribution in [1.29, 1.82) is 0 Å². The third-order valence-corrected chi connectivity index (χ3v) is 4.75. The van der Waals surface area contributed by atoms with Crippen LogP contribution in [0.15, 0.2) is 24.3 Å². The molecular weight excluding hydrogens is 356 g/mol. The minimum Gasteiger partial charge on any atom is -0.493 e. The predicted octanol–water partition coefficient (Wildman–Crippen LogP) is 4.39. The topological polar surface area (TPSA) is 76.2 Å². The van der Waals surface area contributed by atoms with Gasteiger partial charge in [0.2, 0.25) is 0 Å². The van der Waals surface area contributed by atoms with E-state index in [2.05, 4.69) is 20.3 Å². The maximum atomic E-state index is 12.5. The Hall–Kier alpha value is -2.64. The number of nitrogens with zero attached hydrogens (tertiary/aromatic N) is 1. The maximum absolute atomic E-state index is 12.5. The van der Waals surface area contributed by atoms with Gasteiger partial charge >= 0.3 is 6.61 Å². The number of hydrogen-bond donors (Lipinski definition) is 2. The van der Waals surface area contributed by atoms with Crippen molar-refractivity contribution in [3.8, 4) is 11.5 Å². The number of rotatable bonds is 7. The first-order chi connectivity index (χ1) is 13.0. The monoisotopic (exact) mass is 379 g/mol. The Morgan fingerprint density at radius 2 is 2.04 bits per heavy atom. The van der Waals surface area contributed by atoms with Crippen LogP contribution in [0, 0.1) is 5.92 Å². The Balaban J connectivity index is 1.64. The summed E-state index contributed by atoms with van der Waals surface area (Å²) in [6.45, 7) is -3.01. The van der Waals surface area contributed by atoms with Crippen LogP contribution in [0.5, 0.6) is 11.5 Å². The van der Waals surface area contributed by atoms with Gasteiger partial charge < -0.3 is 14.8 Å². The number of benzene rings is 1. The SMILES string of the molecule is COc1ccc(C(=O)Nc2cc(CC3CCCCC3)[nH]n2)cc1OC(F)F. The molecule has 1 aliphatic rings. The molecule has 6 nitrogen and oxygen atoms in total. The third-order valence-electron chi connectivity index (χ3n) is 4.75. The molecule has 2 aromatic rings. The van der Waals surface area contributed by atoms with Gasteiger partial charge in [-0.05, 0) is 30.5 Å². The van der Waals surface area contributed by atoms with Crippen LogP contribution in [0.4, 0.5) is 14.6 Å². The van der Waals surface area contributed by atoms with Gasteiger partial charge in [-0.25, -0.2) is 0 Å². The maximum Gasteiger partial charge on any atom is 0.387 e. The molecular formula is C19H23F2N3O3. The lowest BCUT2D eigenvalue weighted by Gasteiger charge is -2.20. The Labute approximate surface area is 156 Å².